The summed E-state index contributed by atoms with van der Waals surface area (Å²) in [5, 5.41) is 12.3. The third-order valence-electron chi connectivity index (χ3n) is 4.92. The minimum Gasteiger partial charge on any atom is -0.461 e. The van der Waals surface area contributed by atoms with Gasteiger partial charge < -0.3 is 14.6 Å². The van der Waals surface area contributed by atoms with E-state index in [-0.39, 0.29) is 11.7 Å². The zero-order chi connectivity index (χ0) is 22.3. The van der Waals surface area contributed by atoms with Crippen LogP contribution in [0, 0.1) is 0 Å². The molecule has 0 aliphatic carbocycles. The second kappa shape index (κ2) is 10.2. The van der Waals surface area contributed by atoms with Crippen molar-refractivity contribution in [1.29, 1.82) is 0 Å². The van der Waals surface area contributed by atoms with Crippen molar-refractivity contribution < 1.29 is 9.21 Å². The van der Waals surface area contributed by atoms with Gasteiger partial charge in [-0.2, -0.15) is 0 Å². The Kier molecular flexibility index (Phi) is 6.91. The summed E-state index contributed by atoms with van der Waals surface area (Å²) >= 11 is 1.36. The Balaban J connectivity index is 1.40. The fourth-order valence-electron chi connectivity index (χ4n) is 3.19. The maximum atomic E-state index is 12.5. The summed E-state index contributed by atoms with van der Waals surface area (Å²) in [6.45, 7) is 1.08. The van der Waals surface area contributed by atoms with Crippen LogP contribution in [0.25, 0.3) is 11.6 Å². The number of hydrogen-bond acceptors (Lipinski definition) is 6. The van der Waals surface area contributed by atoms with E-state index in [1.54, 1.807) is 6.26 Å². The Morgan fingerprint density at radius 1 is 1.00 bits per heavy atom. The van der Waals surface area contributed by atoms with Gasteiger partial charge in [-0.05, 0) is 35.4 Å². The highest BCUT2D eigenvalue weighted by Gasteiger charge is 2.17. The molecule has 4 aromatic rings. The molecule has 0 spiro atoms. The molecule has 0 radical (unpaired) electrons. The lowest BCUT2D eigenvalue weighted by atomic mass is 10.2. The molecule has 0 atom stereocenters. The van der Waals surface area contributed by atoms with Crippen LogP contribution in [-0.4, -0.2) is 40.5 Å². The fraction of sp³-hybridized carbons (Fsp3) is 0.208. The summed E-state index contributed by atoms with van der Waals surface area (Å²) in [6, 6.07) is 21.9. The van der Waals surface area contributed by atoms with Crippen LogP contribution in [0.3, 0.4) is 0 Å². The summed E-state index contributed by atoms with van der Waals surface area (Å²) in [5.74, 6) is 1.48. The van der Waals surface area contributed by atoms with Gasteiger partial charge in [-0.15, -0.1) is 10.2 Å². The van der Waals surface area contributed by atoms with E-state index in [4.69, 9.17) is 4.42 Å². The van der Waals surface area contributed by atoms with E-state index in [1.807, 2.05) is 78.2 Å². The number of thioether (sulfide) groups is 1. The predicted molar refractivity (Wildman–Crippen MR) is 127 cm³/mol. The van der Waals surface area contributed by atoms with E-state index in [0.29, 0.717) is 29.8 Å². The lowest BCUT2D eigenvalue weighted by Crippen LogP contribution is -2.24. The molecule has 1 N–H and O–H groups in total. The minimum absolute atomic E-state index is 0.0551. The normalized spacial score (nSPS) is 10.8. The van der Waals surface area contributed by atoms with Crippen LogP contribution in [0.2, 0.25) is 0 Å². The molecule has 2 aromatic carbocycles. The van der Waals surface area contributed by atoms with Crippen LogP contribution in [-0.2, 0) is 17.9 Å². The Morgan fingerprint density at radius 2 is 1.78 bits per heavy atom. The molecule has 2 heterocycles. The van der Waals surface area contributed by atoms with Gasteiger partial charge in [0.15, 0.2) is 10.9 Å². The van der Waals surface area contributed by atoms with Gasteiger partial charge in [-0.3, -0.25) is 9.36 Å². The Morgan fingerprint density at radius 3 is 2.47 bits per heavy atom. The fourth-order valence-corrected chi connectivity index (χ4v) is 3.95. The molecule has 7 nitrogen and oxygen atoms in total. The Hall–Kier alpha value is -3.52. The molecule has 32 heavy (non-hydrogen) atoms. The first-order chi connectivity index (χ1) is 15.6. The smallest absolute Gasteiger partial charge is 0.230 e. The summed E-state index contributed by atoms with van der Waals surface area (Å²) in [6.07, 6.45) is 1.61. The number of amides is 1. The van der Waals surface area contributed by atoms with Crippen molar-refractivity contribution in [3.63, 3.8) is 0 Å². The number of furan rings is 1. The zero-order valence-electron chi connectivity index (χ0n) is 18.1. The van der Waals surface area contributed by atoms with Crippen molar-refractivity contribution in [3.05, 3.63) is 84.1 Å². The number of anilines is 1. The van der Waals surface area contributed by atoms with Gasteiger partial charge in [0, 0.05) is 26.3 Å². The Bertz CT molecular complexity index is 1140. The van der Waals surface area contributed by atoms with Gasteiger partial charge in [0.25, 0.3) is 0 Å². The summed E-state index contributed by atoms with van der Waals surface area (Å²) in [4.78, 5) is 14.5. The van der Waals surface area contributed by atoms with Crippen LogP contribution in [0.4, 0.5) is 5.69 Å². The highest BCUT2D eigenvalue weighted by Crippen LogP contribution is 2.25. The first-order valence-electron chi connectivity index (χ1n) is 10.3. The lowest BCUT2D eigenvalue weighted by Gasteiger charge is -2.13. The molecule has 164 valence electrons. The number of benzene rings is 2. The Labute approximate surface area is 191 Å². The lowest BCUT2D eigenvalue weighted by molar-refractivity contribution is -0.118. The third kappa shape index (κ3) is 5.39. The highest BCUT2D eigenvalue weighted by molar-refractivity contribution is 7.99. The molecule has 2 aromatic heterocycles. The predicted octanol–water partition coefficient (Wildman–Crippen LogP) is 4.06. The summed E-state index contributed by atoms with van der Waals surface area (Å²) in [7, 11) is 4.00. The first-order valence-corrected chi connectivity index (χ1v) is 11.3. The van der Waals surface area contributed by atoms with Gasteiger partial charge in [-0.1, -0.05) is 54.2 Å². The standard InChI is InChI=1S/C24H25N5O2S/c1-28(2)20-12-10-18(11-13-20)15-25-22(30)17-32-24-27-26-23(21-9-6-14-31-21)29(24)16-19-7-4-3-5-8-19/h3-14H,15-17H2,1-2H3,(H,25,30). The number of nitrogens with zero attached hydrogens (tertiary/aromatic N) is 4. The molecule has 0 aliphatic rings. The first kappa shape index (κ1) is 21.7. The van der Waals surface area contributed by atoms with Gasteiger partial charge in [0.05, 0.1) is 18.6 Å². The largest absolute Gasteiger partial charge is 0.461 e. The van der Waals surface area contributed by atoms with Crippen molar-refractivity contribution in [2.45, 2.75) is 18.2 Å². The molecule has 0 saturated heterocycles. The monoisotopic (exact) mass is 447 g/mol. The van der Waals surface area contributed by atoms with Gasteiger partial charge >= 0.3 is 0 Å². The molecular formula is C24H25N5O2S. The van der Waals surface area contributed by atoms with E-state index in [1.165, 1.54) is 11.8 Å². The summed E-state index contributed by atoms with van der Waals surface area (Å²) < 4.78 is 7.51. The quantitative estimate of drug-likeness (QED) is 0.390. The van der Waals surface area contributed by atoms with Crippen molar-refractivity contribution in [2.75, 3.05) is 24.7 Å². The molecule has 1 amide bonds. The van der Waals surface area contributed by atoms with Gasteiger partial charge in [-0.25, -0.2) is 0 Å². The van der Waals surface area contributed by atoms with Crippen LogP contribution in [0.1, 0.15) is 11.1 Å². The van der Waals surface area contributed by atoms with Crippen molar-refractivity contribution >= 4 is 23.4 Å². The zero-order valence-corrected chi connectivity index (χ0v) is 18.9. The number of aromatic nitrogens is 3. The SMILES string of the molecule is CN(C)c1ccc(CNC(=O)CSc2nnc(-c3ccco3)n2Cc2ccccc2)cc1. The third-order valence-corrected chi connectivity index (χ3v) is 5.88. The van der Waals surface area contributed by atoms with E-state index in [9.17, 15) is 4.79 Å². The molecular weight excluding hydrogens is 422 g/mol. The molecule has 0 aliphatic heterocycles. The van der Waals surface area contributed by atoms with Crippen molar-refractivity contribution in [2.24, 2.45) is 0 Å². The summed E-state index contributed by atoms with van der Waals surface area (Å²) in [5.41, 5.74) is 3.30. The number of nitrogens with one attached hydrogen (secondary N) is 1. The van der Waals surface area contributed by atoms with E-state index < -0.39 is 0 Å². The molecule has 0 unspecified atom stereocenters. The van der Waals surface area contributed by atoms with Crippen LogP contribution in [0.15, 0.2) is 82.6 Å². The maximum absolute atomic E-state index is 12.5. The molecule has 0 saturated carbocycles. The highest BCUT2D eigenvalue weighted by atomic mass is 32.2. The second-order valence-electron chi connectivity index (χ2n) is 7.48. The van der Waals surface area contributed by atoms with Crippen LogP contribution in [0.5, 0.6) is 0 Å². The average molecular weight is 448 g/mol. The van der Waals surface area contributed by atoms with E-state index >= 15 is 0 Å². The number of carbonyl (C=O) groups is 1. The molecule has 0 fully saturated rings. The average Bonchev–Trinajstić information content (AvgIpc) is 3.47. The number of rotatable bonds is 9. The van der Waals surface area contributed by atoms with Crippen LogP contribution < -0.4 is 10.2 Å². The van der Waals surface area contributed by atoms with Crippen molar-refractivity contribution in [3.8, 4) is 11.6 Å². The number of hydrogen-bond donors (Lipinski definition) is 1. The topological polar surface area (TPSA) is 76.2 Å². The molecule has 4 rings (SSSR count). The van der Waals surface area contributed by atoms with Crippen LogP contribution >= 0.6 is 11.8 Å². The maximum Gasteiger partial charge on any atom is 0.230 e. The molecule has 0 bridgehead atoms. The van der Waals surface area contributed by atoms with E-state index in [2.05, 4.69) is 27.6 Å². The second-order valence-corrected chi connectivity index (χ2v) is 8.42. The van der Waals surface area contributed by atoms with E-state index in [0.717, 1.165) is 16.8 Å². The van der Waals surface area contributed by atoms with Crippen molar-refractivity contribution in [1.82, 2.24) is 20.1 Å². The number of carbonyl (C=O) groups excluding carboxylic acids is 1. The minimum atomic E-state index is -0.0551. The van der Waals surface area contributed by atoms with Gasteiger partial charge in [0.1, 0.15) is 0 Å². The van der Waals surface area contributed by atoms with Gasteiger partial charge in [0.2, 0.25) is 11.7 Å². The molecule has 8 heteroatoms.